The number of hydrogen-bond donors (Lipinski definition) is 4. The third-order valence-corrected chi connectivity index (χ3v) is 14.3. The minimum atomic E-state index is -1.59. The second-order valence-corrected chi connectivity index (χ2v) is 25.7. The number of carbonyl (C=O) groups is 4. The van der Waals surface area contributed by atoms with Crippen LogP contribution in [0.4, 0.5) is 0 Å². The summed E-state index contributed by atoms with van der Waals surface area (Å²) in [5.74, 6) is -1.76. The highest BCUT2D eigenvalue weighted by molar-refractivity contribution is 5.72. The van der Waals surface area contributed by atoms with Gasteiger partial charge in [-0.1, -0.05) is 156 Å². The van der Waals surface area contributed by atoms with E-state index in [0.717, 1.165) is 44.5 Å². The molecule has 12 heteroatoms. The van der Waals surface area contributed by atoms with Crippen molar-refractivity contribution in [1.29, 1.82) is 0 Å². The summed E-state index contributed by atoms with van der Waals surface area (Å²) >= 11 is 0. The third-order valence-electron chi connectivity index (χ3n) is 14.3. The van der Waals surface area contributed by atoms with E-state index in [1.165, 1.54) is 0 Å². The smallest absolute Gasteiger partial charge is 0.306 e. The van der Waals surface area contributed by atoms with Crippen LogP contribution in [0.2, 0.25) is 0 Å². The molecule has 4 rings (SSSR count). The topological polar surface area (TPSA) is 186 Å². The van der Waals surface area contributed by atoms with Crippen LogP contribution in [0.3, 0.4) is 0 Å². The van der Waals surface area contributed by atoms with Crippen LogP contribution >= 0.6 is 0 Å². The van der Waals surface area contributed by atoms with E-state index in [4.69, 9.17) is 18.9 Å². The van der Waals surface area contributed by atoms with Crippen molar-refractivity contribution in [3.8, 4) is 23.0 Å². The molecule has 440 valence electrons. The molecule has 4 aromatic rings. The predicted molar refractivity (Wildman–Crippen MR) is 322 cm³/mol. The SMILES string of the molecule is C=CCc1cc(CCC(=O)OCC(COC(=O)CCc2cc(CC=C)c(O)c(C(C)(C)C)c2)(COC(=O)CCc2cc(CC=C)c(O)c(C(C)(C)C)c2)COC(=O)CCc2cc(CC=C)c(O)c(C(C)(C)C)c2)cc(C(C)(C)C)c1O. The second-order valence-electron chi connectivity index (χ2n) is 25.7. The number of phenols is 4. The maximum absolute atomic E-state index is 13.9. The van der Waals surface area contributed by atoms with Crippen molar-refractivity contribution in [3.05, 3.63) is 166 Å². The van der Waals surface area contributed by atoms with E-state index < -0.39 is 77.4 Å². The number of ether oxygens (including phenoxy) is 4. The molecule has 81 heavy (non-hydrogen) atoms. The molecular formula is C69H92O12. The molecule has 4 N–H and O–H groups in total. The lowest BCUT2D eigenvalue weighted by Crippen LogP contribution is -2.44. The molecule has 0 unspecified atom stereocenters. The van der Waals surface area contributed by atoms with Crippen LogP contribution < -0.4 is 0 Å². The monoisotopic (exact) mass is 1110 g/mol. The highest BCUT2D eigenvalue weighted by Crippen LogP contribution is 2.39. The van der Waals surface area contributed by atoms with Crippen LogP contribution in [-0.4, -0.2) is 70.7 Å². The number of allylic oxidation sites excluding steroid dienone is 4. The van der Waals surface area contributed by atoms with Gasteiger partial charge in [-0.05, 0) is 140 Å². The van der Waals surface area contributed by atoms with Crippen LogP contribution in [0.15, 0.2) is 99.2 Å². The summed E-state index contributed by atoms with van der Waals surface area (Å²) < 4.78 is 24.1. The Bertz CT molecular complexity index is 2510. The van der Waals surface area contributed by atoms with E-state index in [9.17, 15) is 39.6 Å². The van der Waals surface area contributed by atoms with Gasteiger partial charge in [0.1, 0.15) is 54.8 Å². The van der Waals surface area contributed by atoms with Gasteiger partial charge in [0.2, 0.25) is 0 Å². The molecule has 0 amide bonds. The van der Waals surface area contributed by atoms with E-state index in [-0.39, 0.29) is 74.4 Å². The molecule has 12 nitrogen and oxygen atoms in total. The Labute approximate surface area is 483 Å². The molecule has 0 aliphatic rings. The summed E-state index contributed by atoms with van der Waals surface area (Å²) in [6.45, 7) is 37.4. The molecule has 0 saturated heterocycles. The largest absolute Gasteiger partial charge is 0.507 e. The van der Waals surface area contributed by atoms with Gasteiger partial charge in [-0.2, -0.15) is 0 Å². The lowest BCUT2D eigenvalue weighted by atomic mass is 9.83. The van der Waals surface area contributed by atoms with Gasteiger partial charge in [0, 0.05) is 25.7 Å². The van der Waals surface area contributed by atoms with E-state index in [1.54, 1.807) is 24.3 Å². The first kappa shape index (κ1) is 66.4. The van der Waals surface area contributed by atoms with Gasteiger partial charge in [0.05, 0.1) is 0 Å². The van der Waals surface area contributed by atoms with E-state index in [1.807, 2.05) is 132 Å². The molecule has 0 aromatic heterocycles. The van der Waals surface area contributed by atoms with Crippen molar-refractivity contribution < 1.29 is 58.6 Å². The molecule has 0 aliphatic heterocycles. The number of aryl methyl sites for hydroxylation is 4. The molecule has 0 spiro atoms. The summed E-state index contributed by atoms with van der Waals surface area (Å²) in [6.07, 6.45) is 9.19. The van der Waals surface area contributed by atoms with Crippen molar-refractivity contribution in [3.63, 3.8) is 0 Å². The summed E-state index contributed by atoms with van der Waals surface area (Å²) in [7, 11) is 0. The number of hydrogen-bond acceptors (Lipinski definition) is 12. The Hall–Kier alpha value is -7.08. The number of phenolic OH excluding ortho intramolecular Hbond substituents is 4. The molecule has 4 aromatic carbocycles. The average molecular weight is 1110 g/mol. The quantitative estimate of drug-likeness (QED) is 0.0240. The normalized spacial score (nSPS) is 12.1. The Morgan fingerprint density at radius 3 is 0.704 bits per heavy atom. The van der Waals surface area contributed by atoms with Crippen molar-refractivity contribution in [1.82, 2.24) is 0 Å². The fourth-order valence-corrected chi connectivity index (χ4v) is 9.61. The molecule has 0 saturated carbocycles. The first-order valence-electron chi connectivity index (χ1n) is 28.2. The number of benzene rings is 4. The predicted octanol–water partition coefficient (Wildman–Crippen LogP) is 13.6. The molecule has 0 radical (unpaired) electrons. The van der Waals surface area contributed by atoms with Gasteiger partial charge in [-0.3, -0.25) is 19.2 Å². The van der Waals surface area contributed by atoms with Crippen LogP contribution in [0, 0.1) is 5.41 Å². The summed E-state index contributed by atoms with van der Waals surface area (Å²) in [5.41, 5.74) is 5.59. The molecule has 0 heterocycles. The van der Waals surface area contributed by atoms with Crippen molar-refractivity contribution in [2.45, 2.75) is 182 Å². The van der Waals surface area contributed by atoms with E-state index in [0.29, 0.717) is 47.9 Å². The maximum atomic E-state index is 13.9. The van der Waals surface area contributed by atoms with Crippen molar-refractivity contribution in [2.75, 3.05) is 26.4 Å². The minimum absolute atomic E-state index is 0.0809. The Morgan fingerprint density at radius 1 is 0.358 bits per heavy atom. The zero-order valence-corrected chi connectivity index (χ0v) is 50.6. The second kappa shape index (κ2) is 28.6. The molecule has 0 bridgehead atoms. The van der Waals surface area contributed by atoms with Gasteiger partial charge in [-0.15, -0.1) is 26.3 Å². The summed E-state index contributed by atoms with van der Waals surface area (Å²) in [5, 5.41) is 44.5. The number of aromatic hydroxyl groups is 4. The van der Waals surface area contributed by atoms with Crippen LogP contribution in [-0.2, 0) is 111 Å². The zero-order valence-electron chi connectivity index (χ0n) is 50.6. The van der Waals surface area contributed by atoms with Gasteiger partial charge in [0.25, 0.3) is 0 Å². The van der Waals surface area contributed by atoms with Gasteiger partial charge in [-0.25, -0.2) is 0 Å². The van der Waals surface area contributed by atoms with Crippen molar-refractivity contribution >= 4 is 23.9 Å². The maximum Gasteiger partial charge on any atom is 0.306 e. The molecule has 0 fully saturated rings. The van der Waals surface area contributed by atoms with Gasteiger partial charge < -0.3 is 39.4 Å². The van der Waals surface area contributed by atoms with Gasteiger partial charge in [0.15, 0.2) is 0 Å². The Kier molecular flexibility index (Phi) is 23.4. The highest BCUT2D eigenvalue weighted by atomic mass is 16.6. The summed E-state index contributed by atoms with van der Waals surface area (Å²) in [6, 6.07) is 14.9. The number of rotatable bonds is 28. The zero-order chi connectivity index (χ0) is 60.7. The average Bonchev–Trinajstić information content (AvgIpc) is 3.37. The minimum Gasteiger partial charge on any atom is -0.507 e. The lowest BCUT2D eigenvalue weighted by molar-refractivity contribution is -0.170. The fourth-order valence-electron chi connectivity index (χ4n) is 9.61. The number of carbonyl (C=O) groups excluding carboxylic acids is 4. The molecule has 0 aliphatic carbocycles. The standard InChI is InChI=1S/C69H92O12/c1-17-21-49-33-45(37-53(61(49)74)65(5,6)7)25-29-57(70)78-41-69(42-79-58(71)30-26-46-34-50(22-18-2)62(75)54(38-46)66(8,9)10,43-80-59(72)31-27-47-35-51(23-19-3)63(76)55(39-47)67(11,12)13)44-81-60(73)32-28-48-36-52(24-20-4)64(77)56(40-48)68(14,15)16/h17-20,33-40,74-77H,1-4,21-32,41-44H2,5-16H3. The van der Waals surface area contributed by atoms with E-state index in [2.05, 4.69) is 26.3 Å². The van der Waals surface area contributed by atoms with Gasteiger partial charge >= 0.3 is 23.9 Å². The van der Waals surface area contributed by atoms with Crippen molar-refractivity contribution in [2.24, 2.45) is 5.41 Å². The number of esters is 4. The van der Waals surface area contributed by atoms with E-state index >= 15 is 0 Å². The Morgan fingerprint density at radius 2 is 0.543 bits per heavy atom. The Balaban J connectivity index is 1.71. The highest BCUT2D eigenvalue weighted by Gasteiger charge is 2.38. The fraction of sp³-hybridized carbons (Fsp3) is 0.478. The van der Waals surface area contributed by atoms with Crippen LogP contribution in [0.5, 0.6) is 23.0 Å². The summed E-state index contributed by atoms with van der Waals surface area (Å²) in [4.78, 5) is 55.7. The molecule has 0 atom stereocenters. The van der Waals surface area contributed by atoms with Crippen LogP contribution in [0.1, 0.15) is 176 Å². The first-order valence-corrected chi connectivity index (χ1v) is 28.2. The van der Waals surface area contributed by atoms with Crippen LogP contribution in [0.25, 0.3) is 0 Å². The lowest BCUT2D eigenvalue weighted by Gasteiger charge is -2.31. The third kappa shape index (κ3) is 19.6. The first-order chi connectivity index (χ1) is 37.7. The molecular weight excluding hydrogens is 1020 g/mol.